The summed E-state index contributed by atoms with van der Waals surface area (Å²) in [5.41, 5.74) is 41.3. The summed E-state index contributed by atoms with van der Waals surface area (Å²) < 4.78 is 5.41. The van der Waals surface area contributed by atoms with Crippen molar-refractivity contribution in [3.8, 4) is 45.0 Å². The Balaban J connectivity index is 0.763. The Bertz CT molecular complexity index is 6180. The van der Waals surface area contributed by atoms with E-state index in [4.69, 9.17) is 0 Å². The number of benzene rings is 12. The van der Waals surface area contributed by atoms with Gasteiger partial charge in [0.15, 0.2) is 0 Å². The van der Waals surface area contributed by atoms with Gasteiger partial charge in [0.25, 0.3) is 13.4 Å². The van der Waals surface area contributed by atoms with Crippen molar-refractivity contribution in [2.75, 3.05) is 19.6 Å². The summed E-state index contributed by atoms with van der Waals surface area (Å²) in [5.74, 6) is 0. The summed E-state index contributed by atoms with van der Waals surface area (Å²) in [4.78, 5) is 10.9. The molecule has 6 nitrogen and oxygen atoms in total. The molecule has 110 heavy (non-hydrogen) atoms. The molecule has 6 aliphatic heterocycles. The molecule has 2 fully saturated rings. The van der Waals surface area contributed by atoms with E-state index in [0.29, 0.717) is 0 Å². The highest BCUT2D eigenvalue weighted by Crippen LogP contribution is 2.64. The number of aromatic nitrogens is 2. The van der Waals surface area contributed by atoms with Crippen LogP contribution in [0.2, 0.25) is 0 Å². The zero-order valence-corrected chi connectivity index (χ0v) is 65.7. The Morgan fingerprint density at radius 3 is 1.19 bits per heavy atom. The van der Waals surface area contributed by atoms with Gasteiger partial charge in [0.1, 0.15) is 0 Å². The summed E-state index contributed by atoms with van der Waals surface area (Å²) in [6.07, 6.45) is 9.48. The SMILES string of the molecule is Cc1c(-c2ccccc2)n2c3c(cccc13)B1c3cccc4c3N(c3cc(N(c5ccccc5)c5ccc(-c6cc7c8c(c6)c(C)c(-c6ccccc6)n8-c6cc(N(c8ccc(C(C)(C)C)cc8)c8ccc(C(C)(C)C)cc8)cc8c6B7c6cccc7c6N8C6(C)CCCCC76C)cc5)cc-2c31)C1(C)CCCCC41C. The summed E-state index contributed by atoms with van der Waals surface area (Å²) in [5, 5.41) is 2.62. The second-order valence-corrected chi connectivity index (χ2v) is 36.6. The van der Waals surface area contributed by atoms with Gasteiger partial charge in [-0.1, -0.05) is 257 Å². The molecule has 12 aromatic carbocycles. The number of hydrogen-bond acceptors (Lipinski definition) is 4. The Morgan fingerprint density at radius 2 is 0.718 bits per heavy atom. The van der Waals surface area contributed by atoms with E-state index in [0.717, 1.165) is 53.4 Å². The fraction of sp³-hybridized carbons (Fsp3) is 0.255. The molecule has 22 rings (SSSR count). The van der Waals surface area contributed by atoms with E-state index in [2.05, 4.69) is 367 Å². The molecule has 4 atom stereocenters. The Labute approximate surface area is 649 Å². The predicted molar refractivity (Wildman–Crippen MR) is 468 cm³/mol. The van der Waals surface area contributed by atoms with E-state index in [-0.39, 0.29) is 46.2 Å². The molecule has 2 aromatic heterocycles. The monoisotopic (exact) mass is 1420 g/mol. The maximum Gasteiger partial charge on any atom is 0.252 e. The predicted octanol–water partition coefficient (Wildman–Crippen LogP) is 22.5. The van der Waals surface area contributed by atoms with Gasteiger partial charge in [-0.15, -0.1) is 0 Å². The molecule has 0 N–H and O–H groups in total. The molecule has 538 valence electrons. The number of anilines is 10. The summed E-state index contributed by atoms with van der Waals surface area (Å²) in [6.45, 7) is 29.2. The molecule has 0 bridgehead atoms. The normalized spacial score (nSPS) is 20.5. The second-order valence-electron chi connectivity index (χ2n) is 36.6. The van der Waals surface area contributed by atoms with E-state index < -0.39 is 0 Å². The molecule has 0 spiro atoms. The first-order valence-corrected chi connectivity index (χ1v) is 40.8. The van der Waals surface area contributed by atoms with Gasteiger partial charge < -0.3 is 28.7 Å². The molecule has 8 heterocycles. The minimum atomic E-state index is -0.169. The van der Waals surface area contributed by atoms with Gasteiger partial charge in [0.05, 0.1) is 33.8 Å². The first-order valence-electron chi connectivity index (χ1n) is 40.8. The van der Waals surface area contributed by atoms with Gasteiger partial charge in [0.2, 0.25) is 0 Å². The van der Waals surface area contributed by atoms with Gasteiger partial charge in [-0.25, -0.2) is 0 Å². The molecule has 2 aliphatic carbocycles. The molecule has 0 saturated heterocycles. The van der Waals surface area contributed by atoms with E-state index in [9.17, 15) is 0 Å². The highest BCUT2D eigenvalue weighted by molar-refractivity contribution is 7.01. The van der Waals surface area contributed by atoms with E-state index in [1.54, 1.807) is 0 Å². The van der Waals surface area contributed by atoms with Crippen LogP contribution in [0.5, 0.6) is 0 Å². The third kappa shape index (κ3) is 8.69. The fourth-order valence-corrected chi connectivity index (χ4v) is 23.2. The molecule has 0 radical (unpaired) electrons. The number of aryl methyl sites for hydroxylation is 2. The van der Waals surface area contributed by atoms with E-state index in [1.165, 1.54) is 188 Å². The number of hydrogen-bond donors (Lipinski definition) is 0. The maximum absolute atomic E-state index is 2.91. The zero-order chi connectivity index (χ0) is 74.6. The van der Waals surface area contributed by atoms with Crippen LogP contribution in [0, 0.1) is 13.8 Å². The maximum atomic E-state index is 2.91. The Hall–Kier alpha value is -11.0. The highest BCUT2D eigenvalue weighted by atomic mass is 15.3. The number of fused-ring (bicyclic) bond motifs is 14. The lowest BCUT2D eigenvalue weighted by Crippen LogP contribution is -2.64. The van der Waals surface area contributed by atoms with E-state index >= 15 is 0 Å². The zero-order valence-electron chi connectivity index (χ0n) is 65.7. The van der Waals surface area contributed by atoms with Crippen LogP contribution < -0.4 is 52.4 Å². The third-order valence-corrected chi connectivity index (χ3v) is 29.0. The lowest BCUT2D eigenvalue weighted by Gasteiger charge is -2.52. The van der Waals surface area contributed by atoms with Gasteiger partial charge in [0, 0.05) is 89.5 Å². The summed E-state index contributed by atoms with van der Waals surface area (Å²) in [6, 6.07) is 99.9. The quantitative estimate of drug-likeness (QED) is 0.134. The first-order chi connectivity index (χ1) is 53.2. The summed E-state index contributed by atoms with van der Waals surface area (Å²) >= 11 is 0. The average molecular weight is 1430 g/mol. The second kappa shape index (κ2) is 22.8. The van der Waals surface area contributed by atoms with Crippen molar-refractivity contribution < 1.29 is 0 Å². The minimum Gasteiger partial charge on any atom is -0.335 e. The lowest BCUT2D eigenvalue weighted by atomic mass is 9.33. The Morgan fingerprint density at radius 1 is 0.327 bits per heavy atom. The van der Waals surface area contributed by atoms with Gasteiger partial charge in [-0.2, -0.15) is 0 Å². The average Bonchev–Trinajstić information content (AvgIpc) is 1.51. The van der Waals surface area contributed by atoms with Crippen molar-refractivity contribution in [3.05, 3.63) is 288 Å². The van der Waals surface area contributed by atoms with Crippen LogP contribution in [0.4, 0.5) is 56.9 Å². The number of nitrogens with zero attached hydrogens (tertiary/aromatic N) is 6. The lowest BCUT2D eigenvalue weighted by molar-refractivity contribution is 0.195. The topological polar surface area (TPSA) is 22.8 Å². The van der Waals surface area contributed by atoms with Crippen molar-refractivity contribution in [1.82, 2.24) is 9.13 Å². The van der Waals surface area contributed by atoms with Crippen LogP contribution in [-0.2, 0) is 21.7 Å². The smallest absolute Gasteiger partial charge is 0.252 e. The number of para-hydroxylation sites is 4. The van der Waals surface area contributed by atoms with Crippen molar-refractivity contribution in [2.45, 2.75) is 167 Å². The van der Waals surface area contributed by atoms with Crippen molar-refractivity contribution in [3.63, 3.8) is 0 Å². The largest absolute Gasteiger partial charge is 0.335 e. The molecule has 2 saturated carbocycles. The van der Waals surface area contributed by atoms with Crippen molar-refractivity contribution >= 4 is 125 Å². The van der Waals surface area contributed by atoms with Crippen LogP contribution in [0.25, 0.3) is 66.8 Å². The first kappa shape index (κ1) is 66.1. The molecule has 4 unspecified atom stereocenters. The van der Waals surface area contributed by atoms with Crippen LogP contribution >= 0.6 is 0 Å². The molecular formula is C102H94B2N6. The van der Waals surface area contributed by atoms with Crippen molar-refractivity contribution in [1.29, 1.82) is 0 Å². The Kier molecular flexibility index (Phi) is 13.7. The summed E-state index contributed by atoms with van der Waals surface area (Å²) in [7, 11) is 0. The van der Waals surface area contributed by atoms with Crippen LogP contribution in [0.3, 0.4) is 0 Å². The highest BCUT2D eigenvalue weighted by Gasteiger charge is 2.63. The molecule has 8 aliphatic rings. The van der Waals surface area contributed by atoms with Crippen LogP contribution in [0.1, 0.15) is 154 Å². The molecule has 0 amide bonds. The van der Waals surface area contributed by atoms with Crippen molar-refractivity contribution in [2.24, 2.45) is 0 Å². The van der Waals surface area contributed by atoms with Gasteiger partial charge in [-0.05, 0) is 231 Å². The molecule has 14 aromatic rings. The van der Waals surface area contributed by atoms with Gasteiger partial charge >= 0.3 is 0 Å². The standard InChI is InChI=1S/C102H94B2N6/c1-63-77-35-26-38-81-93(77)107(91(63)66-29-16-13-17-30-66)85-59-75(61-87-89(85)103(81)82-39-27-36-79-95(82)109(87)101(11)55-24-22-53-99(79,101)9)105(71-33-20-15-21-34-71)72-47-41-65(42-48-72)68-57-78-64(2)92(67-31-18-14-19-32-67)108-86-60-76(106(73-49-43-69(44-50-73)97(3,4)5)74-51-45-70(46-52-74)98(6,7)8)62-88-90(86)104(84(58-68)94(78)108)83-40-28-37-80-96(83)110(88)102(12)56-25-23-54-100(80,102)10/h13-21,26-52,57-62H,22-25,53-56H2,1-12H3. The molecular weight excluding hydrogens is 1330 g/mol. The van der Waals surface area contributed by atoms with Crippen LogP contribution in [0.15, 0.2) is 255 Å². The van der Waals surface area contributed by atoms with E-state index in [1.807, 2.05) is 0 Å². The third-order valence-electron chi connectivity index (χ3n) is 29.0. The number of rotatable bonds is 9. The van der Waals surface area contributed by atoms with Gasteiger partial charge in [-0.3, -0.25) is 0 Å². The fourth-order valence-electron chi connectivity index (χ4n) is 23.2. The minimum absolute atomic E-state index is 0.00381. The van der Waals surface area contributed by atoms with Crippen LogP contribution in [-0.4, -0.2) is 33.6 Å². The molecule has 8 heteroatoms.